The van der Waals surface area contributed by atoms with Crippen LogP contribution in [0.4, 0.5) is 22.1 Å². The third-order valence-electron chi connectivity index (χ3n) is 4.91. The van der Waals surface area contributed by atoms with Gasteiger partial charge in [0.2, 0.25) is 0 Å². The monoisotopic (exact) mass is 423 g/mol. The van der Waals surface area contributed by atoms with E-state index in [9.17, 15) is 9.59 Å². The summed E-state index contributed by atoms with van der Waals surface area (Å²) in [4.78, 5) is 28.0. The molecule has 3 amide bonds. The number of amides is 3. The highest BCUT2D eigenvalue weighted by Gasteiger charge is 2.25. The van der Waals surface area contributed by atoms with E-state index in [0.717, 1.165) is 29.9 Å². The number of nitrogens with one attached hydrogen (secondary N) is 4. The molecule has 0 unspecified atom stereocenters. The standard InChI is InChI=1S/C20H18ClN7O2/c1-10-2-3-12(21)7-14(10)24-16-8-17(23-13-4-5-13)28-18(26-16)11(9-22-28)6-15-19(29)27-20(30)25-15/h2-3,6-9,13,23H,4-5H2,1H3,(H,24,26)(H2,25,27,29,30)/b15-6-. The van der Waals surface area contributed by atoms with Crippen molar-refractivity contribution in [2.75, 3.05) is 10.6 Å². The highest BCUT2D eigenvalue weighted by molar-refractivity contribution is 6.30. The number of fused-ring (bicyclic) bond motifs is 1. The normalized spacial score (nSPS) is 17.3. The number of aryl methyl sites for hydroxylation is 1. The smallest absolute Gasteiger partial charge is 0.326 e. The van der Waals surface area contributed by atoms with Crippen LogP contribution in [0, 0.1) is 6.92 Å². The van der Waals surface area contributed by atoms with Gasteiger partial charge in [-0.05, 0) is 43.5 Å². The molecule has 152 valence electrons. The Labute approximate surface area is 176 Å². The molecule has 10 heteroatoms. The third kappa shape index (κ3) is 3.55. The van der Waals surface area contributed by atoms with Crippen LogP contribution in [0.3, 0.4) is 0 Å². The topological polar surface area (TPSA) is 112 Å². The molecule has 3 aromatic rings. The molecule has 2 fully saturated rings. The van der Waals surface area contributed by atoms with Crippen molar-refractivity contribution in [3.63, 3.8) is 0 Å². The number of urea groups is 1. The minimum absolute atomic E-state index is 0.150. The first kappa shape index (κ1) is 18.4. The molecule has 2 aliphatic rings. The van der Waals surface area contributed by atoms with Crippen LogP contribution in [0.2, 0.25) is 5.02 Å². The fraction of sp³-hybridized carbons (Fsp3) is 0.200. The summed E-state index contributed by atoms with van der Waals surface area (Å²) in [6, 6.07) is 7.35. The summed E-state index contributed by atoms with van der Waals surface area (Å²) < 4.78 is 1.69. The largest absolute Gasteiger partial charge is 0.367 e. The fourth-order valence-corrected chi connectivity index (χ4v) is 3.36. The molecule has 1 saturated heterocycles. The summed E-state index contributed by atoms with van der Waals surface area (Å²) in [5, 5.41) is 16.5. The van der Waals surface area contributed by atoms with Gasteiger partial charge in [-0.3, -0.25) is 10.1 Å². The minimum Gasteiger partial charge on any atom is -0.367 e. The molecule has 0 spiro atoms. The molecule has 5 rings (SSSR count). The summed E-state index contributed by atoms with van der Waals surface area (Å²) in [6.07, 6.45) is 5.37. The number of aromatic nitrogens is 3. The van der Waals surface area contributed by atoms with Gasteiger partial charge in [0.25, 0.3) is 5.91 Å². The van der Waals surface area contributed by atoms with E-state index in [0.29, 0.717) is 28.1 Å². The number of benzene rings is 1. The molecule has 0 bridgehead atoms. The maximum atomic E-state index is 11.9. The number of hydrogen-bond donors (Lipinski definition) is 4. The molecule has 9 nitrogen and oxygen atoms in total. The van der Waals surface area contributed by atoms with Crippen LogP contribution in [0.1, 0.15) is 24.0 Å². The van der Waals surface area contributed by atoms with E-state index < -0.39 is 11.9 Å². The Hall–Kier alpha value is -3.59. The number of imide groups is 1. The number of halogens is 1. The Morgan fingerprint density at radius 1 is 1.23 bits per heavy atom. The molecule has 30 heavy (non-hydrogen) atoms. The summed E-state index contributed by atoms with van der Waals surface area (Å²) in [6.45, 7) is 1.98. The predicted octanol–water partition coefficient (Wildman–Crippen LogP) is 3.19. The molecule has 1 aliphatic carbocycles. The van der Waals surface area contributed by atoms with E-state index in [1.807, 2.05) is 31.2 Å². The van der Waals surface area contributed by atoms with Crippen molar-refractivity contribution < 1.29 is 9.59 Å². The van der Waals surface area contributed by atoms with Gasteiger partial charge in [0.1, 0.15) is 17.3 Å². The molecule has 0 radical (unpaired) electrons. The van der Waals surface area contributed by atoms with Crippen LogP contribution in [0.15, 0.2) is 36.2 Å². The Morgan fingerprint density at radius 3 is 2.80 bits per heavy atom. The minimum atomic E-state index is -0.550. The first-order chi connectivity index (χ1) is 14.5. The van der Waals surface area contributed by atoms with Gasteiger partial charge >= 0.3 is 6.03 Å². The predicted molar refractivity (Wildman–Crippen MR) is 114 cm³/mol. The lowest BCUT2D eigenvalue weighted by atomic mass is 10.2. The highest BCUT2D eigenvalue weighted by Crippen LogP contribution is 2.29. The second kappa shape index (κ2) is 7.03. The van der Waals surface area contributed by atoms with Gasteiger partial charge in [-0.2, -0.15) is 9.61 Å². The molecule has 1 saturated carbocycles. The zero-order valence-corrected chi connectivity index (χ0v) is 16.7. The first-order valence-electron chi connectivity index (χ1n) is 9.49. The Morgan fingerprint density at radius 2 is 2.07 bits per heavy atom. The number of anilines is 3. The quantitative estimate of drug-likeness (QED) is 0.370. The van der Waals surface area contributed by atoms with Gasteiger partial charge in [0.05, 0.1) is 6.20 Å². The number of hydrogen-bond acceptors (Lipinski definition) is 6. The Kier molecular flexibility index (Phi) is 4.32. The lowest BCUT2D eigenvalue weighted by Gasteiger charge is -2.13. The van der Waals surface area contributed by atoms with Crippen molar-refractivity contribution in [1.82, 2.24) is 25.2 Å². The van der Waals surface area contributed by atoms with Gasteiger partial charge < -0.3 is 16.0 Å². The Balaban J connectivity index is 1.59. The SMILES string of the molecule is Cc1ccc(Cl)cc1Nc1cc(NC2CC2)n2ncc(/C=C3\NC(=O)NC3=O)c2n1. The second-order valence-electron chi connectivity index (χ2n) is 7.33. The van der Waals surface area contributed by atoms with E-state index >= 15 is 0 Å². The van der Waals surface area contributed by atoms with Crippen molar-refractivity contribution in [2.45, 2.75) is 25.8 Å². The zero-order chi connectivity index (χ0) is 20.8. The van der Waals surface area contributed by atoms with Crippen molar-refractivity contribution in [3.8, 4) is 0 Å². The third-order valence-corrected chi connectivity index (χ3v) is 5.15. The van der Waals surface area contributed by atoms with Gasteiger partial charge in [-0.25, -0.2) is 9.78 Å². The van der Waals surface area contributed by atoms with Crippen molar-refractivity contribution in [3.05, 3.63) is 52.3 Å². The van der Waals surface area contributed by atoms with Crippen LogP contribution in [0.25, 0.3) is 11.7 Å². The molecule has 1 aliphatic heterocycles. The van der Waals surface area contributed by atoms with Gasteiger partial charge in [-0.1, -0.05) is 17.7 Å². The number of carbonyl (C=O) groups is 2. The van der Waals surface area contributed by atoms with Crippen molar-refractivity contribution >= 4 is 52.6 Å². The number of rotatable bonds is 5. The van der Waals surface area contributed by atoms with E-state index in [2.05, 4.69) is 26.4 Å². The molecule has 3 heterocycles. The van der Waals surface area contributed by atoms with E-state index in [-0.39, 0.29) is 5.70 Å². The Bertz CT molecular complexity index is 1230. The van der Waals surface area contributed by atoms with Crippen molar-refractivity contribution in [2.24, 2.45) is 0 Å². The molecular weight excluding hydrogens is 406 g/mol. The zero-order valence-electron chi connectivity index (χ0n) is 16.0. The number of carbonyl (C=O) groups excluding carboxylic acids is 2. The van der Waals surface area contributed by atoms with Crippen LogP contribution >= 0.6 is 11.6 Å². The average molecular weight is 424 g/mol. The van der Waals surface area contributed by atoms with Crippen LogP contribution < -0.4 is 21.3 Å². The van der Waals surface area contributed by atoms with Crippen LogP contribution in [0.5, 0.6) is 0 Å². The second-order valence-corrected chi connectivity index (χ2v) is 7.77. The average Bonchev–Trinajstić information content (AvgIpc) is 3.34. The first-order valence-corrected chi connectivity index (χ1v) is 9.86. The highest BCUT2D eigenvalue weighted by atomic mass is 35.5. The van der Waals surface area contributed by atoms with Gasteiger partial charge in [0, 0.05) is 28.4 Å². The maximum absolute atomic E-state index is 11.9. The van der Waals surface area contributed by atoms with Crippen LogP contribution in [-0.4, -0.2) is 32.6 Å². The lowest BCUT2D eigenvalue weighted by molar-refractivity contribution is -0.115. The lowest BCUT2D eigenvalue weighted by Crippen LogP contribution is -2.22. The maximum Gasteiger partial charge on any atom is 0.326 e. The van der Waals surface area contributed by atoms with E-state index in [1.54, 1.807) is 16.8 Å². The summed E-state index contributed by atoms with van der Waals surface area (Å²) >= 11 is 6.15. The molecule has 0 atom stereocenters. The molecule has 1 aromatic carbocycles. The fourth-order valence-electron chi connectivity index (χ4n) is 3.19. The number of nitrogens with zero attached hydrogens (tertiary/aromatic N) is 3. The van der Waals surface area contributed by atoms with E-state index in [4.69, 9.17) is 16.6 Å². The summed E-state index contributed by atoms with van der Waals surface area (Å²) in [7, 11) is 0. The van der Waals surface area contributed by atoms with Crippen molar-refractivity contribution in [1.29, 1.82) is 0 Å². The summed E-state index contributed by atoms with van der Waals surface area (Å²) in [5.74, 6) is 0.907. The molecule has 4 N–H and O–H groups in total. The molecule has 2 aromatic heterocycles. The van der Waals surface area contributed by atoms with Gasteiger partial charge in [0.15, 0.2) is 5.65 Å². The van der Waals surface area contributed by atoms with Crippen LogP contribution in [-0.2, 0) is 4.79 Å². The van der Waals surface area contributed by atoms with Gasteiger partial charge in [-0.15, -0.1) is 0 Å². The van der Waals surface area contributed by atoms with E-state index in [1.165, 1.54) is 0 Å². The summed E-state index contributed by atoms with van der Waals surface area (Å²) in [5.41, 5.74) is 3.17. The molecular formula is C20H18ClN7O2.